The van der Waals surface area contributed by atoms with E-state index in [1.165, 1.54) is 174 Å². The van der Waals surface area contributed by atoms with Crippen molar-refractivity contribution in [1.82, 2.24) is 9.13 Å². The molecule has 0 bridgehead atoms. The van der Waals surface area contributed by atoms with Crippen LogP contribution < -0.4 is 9.80 Å². The zero-order chi connectivity index (χ0) is 83.2. The monoisotopic (exact) mass is 1640 g/mol. The van der Waals surface area contributed by atoms with Gasteiger partial charge in [-0.25, -0.2) is 0 Å². The first-order valence-corrected chi connectivity index (χ1v) is 44.9. The van der Waals surface area contributed by atoms with Gasteiger partial charge in [-0.05, 0) is 209 Å². The third-order valence-electron chi connectivity index (χ3n) is 26.2. The van der Waals surface area contributed by atoms with Crippen LogP contribution >= 0.6 is 22.7 Å². The van der Waals surface area contributed by atoms with Crippen LogP contribution in [-0.2, 0) is 10.8 Å². The molecule has 0 aliphatic heterocycles. The summed E-state index contributed by atoms with van der Waals surface area (Å²) in [6.45, 7) is 0. The lowest BCUT2D eigenvalue weighted by molar-refractivity contribution is 0.768. The van der Waals surface area contributed by atoms with Crippen molar-refractivity contribution in [3.8, 4) is 67.0 Å². The molecule has 4 nitrogen and oxygen atoms in total. The highest BCUT2D eigenvalue weighted by molar-refractivity contribution is 7.27. The van der Waals surface area contributed by atoms with E-state index in [-0.39, 0.29) is 0 Å². The summed E-state index contributed by atoms with van der Waals surface area (Å²) >= 11 is 3.81. The number of fused-ring (bicyclic) bond motifs is 16. The molecule has 0 spiro atoms. The number of hydrogen-bond donors (Lipinski definition) is 0. The molecule has 2 aliphatic carbocycles. The summed E-state index contributed by atoms with van der Waals surface area (Å²) in [6, 6.07) is 178. The molecule has 126 heavy (non-hydrogen) atoms. The summed E-state index contributed by atoms with van der Waals surface area (Å²) in [5, 5.41) is 5.13. The van der Waals surface area contributed by atoms with Crippen LogP contribution in [-0.4, -0.2) is 9.13 Å². The summed E-state index contributed by atoms with van der Waals surface area (Å²) in [5.74, 6) is 0. The highest BCUT2D eigenvalue weighted by Crippen LogP contribution is 2.60. The number of rotatable bonds is 15. The third-order valence-corrected chi connectivity index (χ3v) is 28.7. The molecule has 592 valence electrons. The lowest BCUT2D eigenvalue weighted by atomic mass is 9.67. The van der Waals surface area contributed by atoms with Gasteiger partial charge in [0.15, 0.2) is 0 Å². The normalized spacial score (nSPS) is 12.7. The van der Waals surface area contributed by atoms with Gasteiger partial charge in [-0.3, -0.25) is 0 Å². The maximum Gasteiger partial charge on any atom is 0.0727 e. The number of aromatic nitrogens is 2. The Morgan fingerprint density at radius 2 is 0.460 bits per heavy atom. The minimum absolute atomic E-state index is 0.479. The Bertz CT molecular complexity index is 7950. The first kappa shape index (κ1) is 74.2. The highest BCUT2D eigenvalue weighted by Gasteiger charge is 2.48. The van der Waals surface area contributed by atoms with Gasteiger partial charge in [0.1, 0.15) is 0 Å². The fourth-order valence-electron chi connectivity index (χ4n) is 20.8. The smallest absolute Gasteiger partial charge is 0.0727 e. The van der Waals surface area contributed by atoms with Crippen LogP contribution in [0.2, 0.25) is 0 Å². The topological polar surface area (TPSA) is 16.3 Å². The average Bonchev–Trinajstić information content (AvgIpc) is 1.53. The van der Waals surface area contributed by atoms with E-state index in [4.69, 9.17) is 0 Å². The first-order valence-electron chi connectivity index (χ1n) is 43.3. The molecule has 4 aromatic heterocycles. The molecule has 23 aromatic rings. The molecule has 4 heterocycles. The van der Waals surface area contributed by atoms with E-state index in [1.54, 1.807) is 0 Å². The van der Waals surface area contributed by atoms with Gasteiger partial charge < -0.3 is 18.9 Å². The number of anilines is 6. The molecule has 0 fully saturated rings. The number of benzene rings is 19. The maximum absolute atomic E-state index is 2.46. The maximum atomic E-state index is 2.46. The fourth-order valence-corrected chi connectivity index (χ4v) is 23.5. The van der Waals surface area contributed by atoms with Gasteiger partial charge >= 0.3 is 0 Å². The summed E-state index contributed by atoms with van der Waals surface area (Å²) in [4.78, 5) is 4.83. The molecule has 0 atom stereocenters. The summed E-state index contributed by atoms with van der Waals surface area (Å²) in [6.07, 6.45) is 0. The Morgan fingerprint density at radius 3 is 0.849 bits per heavy atom. The van der Waals surface area contributed by atoms with Crippen molar-refractivity contribution >= 4 is 119 Å². The van der Waals surface area contributed by atoms with Crippen molar-refractivity contribution in [2.45, 2.75) is 10.8 Å². The van der Waals surface area contributed by atoms with E-state index in [1.807, 2.05) is 22.7 Å². The number of nitrogens with zero attached hydrogens (tertiary/aromatic N) is 4. The quantitative estimate of drug-likeness (QED) is 0.102. The van der Waals surface area contributed by atoms with Crippen molar-refractivity contribution in [1.29, 1.82) is 0 Å². The second-order valence-electron chi connectivity index (χ2n) is 32.8. The summed E-state index contributed by atoms with van der Waals surface area (Å²) in [5.41, 5.74) is 35.6. The number of hydrogen-bond acceptors (Lipinski definition) is 4. The van der Waals surface area contributed by atoms with E-state index in [0.717, 1.165) is 34.1 Å². The second-order valence-corrected chi connectivity index (χ2v) is 34.9. The van der Waals surface area contributed by atoms with Crippen molar-refractivity contribution in [2.24, 2.45) is 0 Å². The minimum Gasteiger partial charge on any atom is -0.310 e. The Hall–Kier alpha value is -15.7. The van der Waals surface area contributed by atoms with Crippen LogP contribution in [0.5, 0.6) is 0 Å². The molecule has 2 aliphatic rings. The highest BCUT2D eigenvalue weighted by atomic mass is 32.1. The zero-order valence-corrected chi connectivity index (χ0v) is 70.4. The Labute approximate surface area is 740 Å². The van der Waals surface area contributed by atoms with Gasteiger partial charge in [0.25, 0.3) is 0 Å². The molecule has 19 aromatic carbocycles. The Morgan fingerprint density at radius 1 is 0.183 bits per heavy atom. The fraction of sp³-hybridized carbons (Fsp3) is 0.0167. The predicted molar refractivity (Wildman–Crippen MR) is 533 cm³/mol. The molecule has 0 N–H and O–H groups in total. The number of para-hydroxylation sites is 5. The molecular formula is C120H80N4S2. The summed E-state index contributed by atoms with van der Waals surface area (Å²) in [7, 11) is 0. The molecule has 0 saturated heterocycles. The average molecular weight is 1640 g/mol. The SMILES string of the molecule is c1ccc(-c2ccc(N(c3ccc(-c4cccc5c4sc4c6ccccc6n(-c6ccccc6)c54)cc3)c3ccc4c(c3)C(c3ccccc3)(c3ccccc3)c3ccccc3-4)cc2)cc1.c1ccc(N(c2ccc(-c3cccc4c3sc3c5ccccc5n(-c5ccccc5)c43)cc2)c2ccc3c(c2)C(c2ccccc2)(c2ccccc2)c2ccccc2-3)cc1. The minimum atomic E-state index is -0.507. The molecule has 6 heteroatoms. The van der Waals surface area contributed by atoms with Gasteiger partial charge in [-0.15, -0.1) is 22.7 Å². The lowest BCUT2D eigenvalue weighted by Crippen LogP contribution is -2.28. The Balaban J connectivity index is 0.000000142. The van der Waals surface area contributed by atoms with E-state index in [2.05, 4.69) is 504 Å². The van der Waals surface area contributed by atoms with E-state index < -0.39 is 10.8 Å². The van der Waals surface area contributed by atoms with Crippen molar-refractivity contribution in [3.05, 3.63) is 530 Å². The van der Waals surface area contributed by atoms with E-state index >= 15 is 0 Å². The molecular weight excluding hydrogens is 1560 g/mol. The second kappa shape index (κ2) is 30.7. The van der Waals surface area contributed by atoms with Crippen LogP contribution in [0.1, 0.15) is 44.5 Å². The largest absolute Gasteiger partial charge is 0.310 e. The predicted octanol–water partition coefficient (Wildman–Crippen LogP) is 32.7. The van der Waals surface area contributed by atoms with Crippen molar-refractivity contribution in [2.75, 3.05) is 9.80 Å². The van der Waals surface area contributed by atoms with Gasteiger partial charge in [0.2, 0.25) is 0 Å². The molecule has 0 saturated carbocycles. The molecule has 25 rings (SSSR count). The van der Waals surface area contributed by atoms with Crippen LogP contribution in [0, 0.1) is 0 Å². The standard InChI is InChI=1S/C63H42N2S.C57H38N2S/c1-5-18-43(19-6-1)44-32-36-49(37-33-44)64(51-40-41-54-53-26-13-15-30-57(53)63(58(54)42-51,46-20-7-2-8-21-46)47-22-9-3-10-23-47)50-38-34-45(35-39-50)52-28-17-29-56-60-62(66-61(52)56)55-27-14-16-31-59(55)65(60)48-24-11-4-12-25-48;1-5-18-40(19-6-1)57(41-20-7-2-8-21-41)51-30-15-13-26-47(51)48-37-36-45(38-52(48)57)58(42-22-9-3-10-23-42)44-34-32-39(33-35-44)46-28-17-29-50-54-56(60-55(46)50)49-27-14-16-31-53(49)59(54)43-24-11-4-12-25-43/h1-42H;1-38H. The van der Waals surface area contributed by atoms with Crippen LogP contribution in [0.3, 0.4) is 0 Å². The van der Waals surface area contributed by atoms with Gasteiger partial charge in [0.05, 0.1) is 42.3 Å². The number of thiophene rings is 2. The van der Waals surface area contributed by atoms with Gasteiger partial charge in [-0.2, -0.15) is 0 Å². The Kier molecular flexibility index (Phi) is 18.1. The molecule has 0 amide bonds. The zero-order valence-electron chi connectivity index (χ0n) is 68.8. The van der Waals surface area contributed by atoms with Crippen molar-refractivity contribution < 1.29 is 0 Å². The van der Waals surface area contributed by atoms with E-state index in [9.17, 15) is 0 Å². The van der Waals surface area contributed by atoms with Gasteiger partial charge in [-0.1, -0.05) is 376 Å². The molecule has 0 radical (unpaired) electrons. The van der Waals surface area contributed by atoms with Crippen molar-refractivity contribution in [3.63, 3.8) is 0 Å². The van der Waals surface area contributed by atoms with Gasteiger partial charge in [0, 0.05) is 76.4 Å². The summed E-state index contributed by atoms with van der Waals surface area (Å²) < 4.78 is 10.1. The third kappa shape index (κ3) is 11.9. The van der Waals surface area contributed by atoms with E-state index in [0.29, 0.717) is 0 Å². The van der Waals surface area contributed by atoms with Crippen LogP contribution in [0.4, 0.5) is 34.1 Å². The first-order chi connectivity index (χ1) is 62.5. The van der Waals surface area contributed by atoms with Crippen LogP contribution in [0.15, 0.2) is 485 Å². The van der Waals surface area contributed by atoms with Crippen LogP contribution in [0.25, 0.3) is 129 Å². The lowest BCUT2D eigenvalue weighted by Gasteiger charge is -2.35. The molecule has 0 unspecified atom stereocenters.